The maximum atomic E-state index is 3.54. The molecule has 0 bridgehead atoms. The number of hydrogen-bond donors (Lipinski definition) is 0. The largest absolute Gasteiger partial charge is 0.305 e. The first-order chi connectivity index (χ1) is 5.43. The van der Waals surface area contributed by atoms with Gasteiger partial charge in [-0.15, -0.1) is 0 Å². The number of halogens is 2. The Labute approximate surface area is 91.9 Å². The second kappa shape index (κ2) is 6.13. The van der Waals surface area contributed by atoms with E-state index in [1.165, 1.54) is 8.96 Å². The molecule has 0 saturated heterocycles. The van der Waals surface area contributed by atoms with Gasteiger partial charge in [-0.05, 0) is 28.2 Å². The molecule has 0 unspecified atom stereocenters. The monoisotopic (exact) mass is 298 g/mol. The van der Waals surface area contributed by atoms with Crippen molar-refractivity contribution >= 4 is 31.9 Å². The first-order valence-corrected chi connectivity index (χ1v) is 5.34. The molecule has 0 heterocycles. The van der Waals surface area contributed by atoms with Crippen LogP contribution in [0.3, 0.4) is 0 Å². The van der Waals surface area contributed by atoms with Crippen LogP contribution >= 0.6 is 31.9 Å². The van der Waals surface area contributed by atoms with Crippen LogP contribution in [0.5, 0.6) is 0 Å². The number of hydrogen-bond acceptors (Lipinski definition) is 2. The Kier molecular flexibility index (Phi) is 6.45. The molecule has 0 N–H and O–H groups in total. The maximum Gasteiger partial charge on any atom is 0.0302 e. The highest BCUT2D eigenvalue weighted by Gasteiger charge is 2.02. The Morgan fingerprint density at radius 2 is 1.08 bits per heavy atom. The lowest BCUT2D eigenvalue weighted by molar-refractivity contribution is 0.440. The zero-order valence-corrected chi connectivity index (χ0v) is 11.2. The van der Waals surface area contributed by atoms with E-state index in [-0.39, 0.29) is 0 Å². The summed E-state index contributed by atoms with van der Waals surface area (Å²) in [6.45, 7) is 1.88. The molecule has 2 nitrogen and oxygen atoms in total. The molecule has 0 rings (SSSR count). The second-order valence-electron chi connectivity index (χ2n) is 3.29. The smallest absolute Gasteiger partial charge is 0.0302 e. The van der Waals surface area contributed by atoms with Gasteiger partial charge in [0.15, 0.2) is 0 Å². The van der Waals surface area contributed by atoms with Gasteiger partial charge in [0, 0.05) is 22.1 Å². The molecule has 72 valence electrons. The quantitative estimate of drug-likeness (QED) is 0.784. The fourth-order valence-electron chi connectivity index (χ4n) is 0.727. The zero-order valence-electron chi connectivity index (χ0n) is 8.06. The summed E-state index contributed by atoms with van der Waals surface area (Å²) in [5.74, 6) is 0. The molecule has 0 saturated carbocycles. The molecule has 0 aromatic heterocycles. The van der Waals surface area contributed by atoms with Crippen molar-refractivity contribution in [3.8, 4) is 0 Å². The van der Waals surface area contributed by atoms with E-state index in [2.05, 4.69) is 69.9 Å². The standard InChI is InChI=1S/C8H16Br2N2/c1-11(2)5-7(9)8(10)6-12(3)4/h5-6H2,1-4H3/b8-7-. The van der Waals surface area contributed by atoms with Crippen molar-refractivity contribution in [1.82, 2.24) is 9.80 Å². The summed E-state index contributed by atoms with van der Waals surface area (Å²) in [5.41, 5.74) is 0. The van der Waals surface area contributed by atoms with E-state index in [0.717, 1.165) is 13.1 Å². The highest BCUT2D eigenvalue weighted by molar-refractivity contribution is 9.14. The number of likely N-dealkylation sites (N-methyl/N-ethyl adjacent to an activating group) is 2. The molecule has 0 amide bonds. The number of rotatable bonds is 4. The van der Waals surface area contributed by atoms with E-state index in [1.54, 1.807) is 0 Å². The lowest BCUT2D eigenvalue weighted by Gasteiger charge is -2.13. The van der Waals surface area contributed by atoms with Crippen molar-refractivity contribution in [2.24, 2.45) is 0 Å². The zero-order chi connectivity index (χ0) is 9.72. The van der Waals surface area contributed by atoms with E-state index >= 15 is 0 Å². The van der Waals surface area contributed by atoms with E-state index in [9.17, 15) is 0 Å². The van der Waals surface area contributed by atoms with Crippen LogP contribution in [0.2, 0.25) is 0 Å². The highest BCUT2D eigenvalue weighted by Crippen LogP contribution is 2.18. The minimum Gasteiger partial charge on any atom is -0.305 e. The Bertz CT molecular complexity index is 146. The van der Waals surface area contributed by atoms with Crippen LogP contribution in [0.1, 0.15) is 0 Å². The van der Waals surface area contributed by atoms with Crippen LogP contribution in [0.4, 0.5) is 0 Å². The van der Waals surface area contributed by atoms with Gasteiger partial charge in [0.2, 0.25) is 0 Å². The van der Waals surface area contributed by atoms with Crippen molar-refractivity contribution in [2.45, 2.75) is 0 Å². The van der Waals surface area contributed by atoms with Crippen molar-refractivity contribution in [3.05, 3.63) is 8.96 Å². The van der Waals surface area contributed by atoms with E-state index in [0.29, 0.717) is 0 Å². The van der Waals surface area contributed by atoms with Crippen LogP contribution in [0.15, 0.2) is 8.96 Å². The SMILES string of the molecule is CN(C)C/C(Br)=C(/Br)CN(C)C. The van der Waals surface area contributed by atoms with Crippen molar-refractivity contribution in [2.75, 3.05) is 41.3 Å². The van der Waals surface area contributed by atoms with Crippen LogP contribution in [0, 0.1) is 0 Å². The van der Waals surface area contributed by atoms with Crippen LogP contribution in [-0.2, 0) is 0 Å². The minimum atomic E-state index is 0.939. The molecule has 0 radical (unpaired) electrons. The average molecular weight is 300 g/mol. The Morgan fingerprint density at radius 1 is 0.833 bits per heavy atom. The van der Waals surface area contributed by atoms with Crippen molar-refractivity contribution in [3.63, 3.8) is 0 Å². The van der Waals surface area contributed by atoms with E-state index in [1.807, 2.05) is 0 Å². The summed E-state index contributed by atoms with van der Waals surface area (Å²) < 4.78 is 2.42. The first-order valence-electron chi connectivity index (χ1n) is 3.76. The van der Waals surface area contributed by atoms with Gasteiger partial charge < -0.3 is 9.80 Å². The molecule has 0 aliphatic carbocycles. The topological polar surface area (TPSA) is 6.48 Å². The van der Waals surface area contributed by atoms with E-state index < -0.39 is 0 Å². The summed E-state index contributed by atoms with van der Waals surface area (Å²) >= 11 is 7.07. The van der Waals surface area contributed by atoms with Gasteiger partial charge in [0.05, 0.1) is 0 Å². The highest BCUT2D eigenvalue weighted by atomic mass is 79.9. The molecular formula is C8H16Br2N2. The minimum absolute atomic E-state index is 0.939. The summed E-state index contributed by atoms with van der Waals surface area (Å²) in [6.07, 6.45) is 0. The predicted octanol–water partition coefficient (Wildman–Crippen LogP) is 2.11. The number of nitrogens with zero attached hydrogens (tertiary/aromatic N) is 2. The molecule has 0 fully saturated rings. The van der Waals surface area contributed by atoms with Gasteiger partial charge in [0.1, 0.15) is 0 Å². The van der Waals surface area contributed by atoms with Crippen molar-refractivity contribution in [1.29, 1.82) is 0 Å². The molecule has 4 heteroatoms. The average Bonchev–Trinajstić information content (AvgIpc) is 1.84. The summed E-state index contributed by atoms with van der Waals surface area (Å²) in [7, 11) is 8.21. The van der Waals surface area contributed by atoms with Gasteiger partial charge >= 0.3 is 0 Å². The predicted molar refractivity (Wildman–Crippen MR) is 62.0 cm³/mol. The Hall–Kier alpha value is 0.620. The van der Waals surface area contributed by atoms with Gasteiger partial charge in [-0.3, -0.25) is 0 Å². The normalized spacial score (nSPS) is 14.0. The van der Waals surface area contributed by atoms with Gasteiger partial charge in [0.25, 0.3) is 0 Å². The molecule has 0 aliphatic rings. The first kappa shape index (κ1) is 12.6. The van der Waals surface area contributed by atoms with Gasteiger partial charge in [-0.25, -0.2) is 0 Å². The third-order valence-corrected chi connectivity index (χ3v) is 3.20. The summed E-state index contributed by atoms with van der Waals surface area (Å²) in [5, 5.41) is 0. The molecule has 12 heavy (non-hydrogen) atoms. The van der Waals surface area contributed by atoms with Gasteiger partial charge in [-0.1, -0.05) is 31.9 Å². The second-order valence-corrected chi connectivity index (χ2v) is 5.20. The van der Waals surface area contributed by atoms with E-state index in [4.69, 9.17) is 0 Å². The maximum absolute atomic E-state index is 3.54. The van der Waals surface area contributed by atoms with Crippen LogP contribution < -0.4 is 0 Å². The summed E-state index contributed by atoms with van der Waals surface area (Å²) in [4.78, 5) is 4.25. The Balaban J connectivity index is 4.06. The fourth-order valence-corrected chi connectivity index (χ4v) is 1.98. The third kappa shape index (κ3) is 6.17. The Morgan fingerprint density at radius 3 is 1.25 bits per heavy atom. The summed E-state index contributed by atoms with van der Waals surface area (Å²) in [6, 6.07) is 0. The molecule has 0 aromatic carbocycles. The molecular weight excluding hydrogens is 284 g/mol. The molecule has 0 aromatic rings. The van der Waals surface area contributed by atoms with Crippen molar-refractivity contribution < 1.29 is 0 Å². The lowest BCUT2D eigenvalue weighted by Crippen LogP contribution is -2.17. The molecule has 0 spiro atoms. The van der Waals surface area contributed by atoms with Gasteiger partial charge in [-0.2, -0.15) is 0 Å². The molecule has 0 atom stereocenters. The van der Waals surface area contributed by atoms with Crippen LogP contribution in [0.25, 0.3) is 0 Å². The lowest BCUT2D eigenvalue weighted by atomic mass is 10.4. The molecule has 0 aliphatic heterocycles. The fraction of sp³-hybridized carbons (Fsp3) is 0.750. The van der Waals surface area contributed by atoms with Crippen LogP contribution in [-0.4, -0.2) is 51.1 Å². The third-order valence-electron chi connectivity index (χ3n) is 1.20.